The molecule has 0 saturated carbocycles. The number of amides is 1. The second kappa shape index (κ2) is 32.7. The molecule has 0 aromatic heterocycles. The fourth-order valence-electron chi connectivity index (χ4n) is 6.16. The third-order valence-corrected chi connectivity index (χ3v) is 10.1. The van der Waals surface area contributed by atoms with Crippen LogP contribution in [0.2, 0.25) is 15.1 Å². The van der Waals surface area contributed by atoms with Gasteiger partial charge < -0.3 is 20.1 Å². The highest BCUT2D eigenvalue weighted by Crippen LogP contribution is 2.39. The molecule has 0 fully saturated rings. The van der Waals surface area contributed by atoms with E-state index in [1.165, 1.54) is 23.1 Å². The van der Waals surface area contributed by atoms with Crippen LogP contribution in [0.15, 0.2) is 91.2 Å². The number of halogens is 3. The number of methoxy groups -OCH3 is 1. The maximum atomic E-state index is 10.8. The Morgan fingerprint density at radius 1 is 0.877 bits per heavy atom. The van der Waals surface area contributed by atoms with Crippen molar-refractivity contribution in [2.45, 2.75) is 139 Å². The molecule has 3 aromatic rings. The highest BCUT2D eigenvalue weighted by molar-refractivity contribution is 6.31. The summed E-state index contributed by atoms with van der Waals surface area (Å²) in [7, 11) is 3.58. The summed E-state index contributed by atoms with van der Waals surface area (Å²) in [6, 6.07) is 17.4. The minimum Gasteiger partial charge on any atom is -0.481 e. The van der Waals surface area contributed by atoms with Gasteiger partial charge in [-0.15, -0.1) is 6.58 Å². The molecule has 3 rings (SSSR count). The maximum Gasteiger partial charge on any atom is 0.211 e. The van der Waals surface area contributed by atoms with Gasteiger partial charge in [-0.2, -0.15) is 0 Å². The van der Waals surface area contributed by atoms with Gasteiger partial charge in [0.25, 0.3) is 0 Å². The van der Waals surface area contributed by atoms with Gasteiger partial charge in [-0.05, 0) is 130 Å². The summed E-state index contributed by atoms with van der Waals surface area (Å²) >= 11 is 18.5. The van der Waals surface area contributed by atoms with Crippen LogP contribution in [0.5, 0.6) is 5.75 Å². The Kier molecular flexibility index (Phi) is 32.1. The van der Waals surface area contributed by atoms with Gasteiger partial charge in [-0.3, -0.25) is 4.79 Å². The van der Waals surface area contributed by atoms with E-state index in [0.717, 1.165) is 78.4 Å². The van der Waals surface area contributed by atoms with Gasteiger partial charge in [0.15, 0.2) is 0 Å². The van der Waals surface area contributed by atoms with Gasteiger partial charge in [-0.25, -0.2) is 0 Å². The van der Waals surface area contributed by atoms with E-state index in [2.05, 4.69) is 90.0 Å². The third-order valence-electron chi connectivity index (χ3n) is 9.39. The van der Waals surface area contributed by atoms with Crippen LogP contribution >= 0.6 is 34.8 Å². The van der Waals surface area contributed by atoms with Gasteiger partial charge in [0.1, 0.15) is 11.4 Å². The first-order valence-corrected chi connectivity index (χ1v) is 21.7. The Bertz CT molecular complexity index is 1600. The van der Waals surface area contributed by atoms with Crippen molar-refractivity contribution in [1.82, 2.24) is 5.32 Å². The number of allylic oxidation sites excluding steroid dienone is 3. The molecule has 0 radical (unpaired) electrons. The standard InChI is InChI=1S/C22H34ClNO.C17H17Cl2NO.C5H10.C3H8O.C2H6/c1-8-11-16(4)14-17(5)20-15-19(23)12-13-21(20)25-22(9-2,10-3)18(6)24-7;1-3-14(16-8-12(18)5-4-11(16)2)15-7-6-13(19)9-17(15)20-10-21;1-3-5-4-2;1-3-4-2;1-2/h11-13,15,17,24H,6,8-10,14H2,1-5,7H3;4-10,14H,3H2,1-2H3,(H,20,21);3H,1,4-5H2,2H3;3H2,1-2H3;1-2H3/b16-11-;;;;. The second-order valence-electron chi connectivity index (χ2n) is 13.4. The van der Waals surface area contributed by atoms with Crippen LogP contribution in [0.3, 0.4) is 0 Å². The minimum absolute atomic E-state index is 0.156. The zero-order chi connectivity index (χ0) is 44.0. The summed E-state index contributed by atoms with van der Waals surface area (Å²) in [6.45, 7) is 31.7. The molecule has 5 nitrogen and oxygen atoms in total. The van der Waals surface area contributed by atoms with Crippen LogP contribution in [0.25, 0.3) is 0 Å². The number of nitrogens with one attached hydrogen (secondary N) is 2. The normalized spacial score (nSPS) is 11.6. The molecule has 0 aliphatic carbocycles. The zero-order valence-corrected chi connectivity index (χ0v) is 39.8. The topological polar surface area (TPSA) is 59.6 Å². The molecular formula is C49H75Cl3N2O3. The number of hydrogen-bond acceptors (Lipinski definition) is 4. The fourth-order valence-corrected chi connectivity index (χ4v) is 6.70. The molecule has 1 amide bonds. The van der Waals surface area contributed by atoms with Crippen LogP contribution < -0.4 is 15.4 Å². The van der Waals surface area contributed by atoms with Crippen molar-refractivity contribution in [1.29, 1.82) is 0 Å². The van der Waals surface area contributed by atoms with Crippen molar-refractivity contribution in [2.24, 2.45) is 0 Å². The SMILES string of the molecule is C=C(NC)C(CC)(CC)Oc1ccc(Cl)cc1C(C)C/C(C)=C\CC.C=CCCC.CC.CCC(c1cc(Cl)ccc1C)c1ccc(Cl)cc1NC=O.CCOC. The van der Waals surface area contributed by atoms with Crippen LogP contribution in [0, 0.1) is 6.92 Å². The van der Waals surface area contributed by atoms with Crippen LogP contribution in [0.4, 0.5) is 5.69 Å². The van der Waals surface area contributed by atoms with Crippen molar-refractivity contribution >= 4 is 46.9 Å². The lowest BCUT2D eigenvalue weighted by Crippen LogP contribution is -2.41. The average Bonchev–Trinajstić information content (AvgIpc) is 3.21. The summed E-state index contributed by atoms with van der Waals surface area (Å²) in [5, 5.41) is 7.98. The van der Waals surface area contributed by atoms with E-state index in [1.54, 1.807) is 13.2 Å². The lowest BCUT2D eigenvalue weighted by molar-refractivity contribution is -0.105. The molecule has 0 aliphatic rings. The number of anilines is 1. The molecule has 3 aromatic carbocycles. The molecule has 0 aliphatic heterocycles. The van der Waals surface area contributed by atoms with E-state index in [4.69, 9.17) is 39.5 Å². The smallest absolute Gasteiger partial charge is 0.211 e. The van der Waals surface area contributed by atoms with Gasteiger partial charge in [0.05, 0.1) is 0 Å². The number of carbonyl (C=O) groups excluding carboxylic acids is 1. The average molecular weight is 847 g/mol. The number of rotatable bonds is 18. The van der Waals surface area contributed by atoms with Crippen molar-refractivity contribution in [3.8, 4) is 5.75 Å². The Labute approximate surface area is 363 Å². The fraction of sp³-hybridized carbons (Fsp3) is 0.490. The lowest BCUT2D eigenvalue weighted by Gasteiger charge is -2.35. The lowest BCUT2D eigenvalue weighted by atomic mass is 9.85. The van der Waals surface area contributed by atoms with Crippen molar-refractivity contribution < 1.29 is 14.3 Å². The monoisotopic (exact) mass is 844 g/mol. The van der Waals surface area contributed by atoms with Crippen molar-refractivity contribution in [3.05, 3.63) is 128 Å². The van der Waals surface area contributed by atoms with Crippen molar-refractivity contribution in [3.63, 3.8) is 0 Å². The van der Waals surface area contributed by atoms with Gasteiger partial charge in [0, 0.05) is 53.1 Å². The summed E-state index contributed by atoms with van der Waals surface area (Å²) < 4.78 is 11.1. The van der Waals surface area contributed by atoms with E-state index >= 15 is 0 Å². The van der Waals surface area contributed by atoms with E-state index in [9.17, 15) is 4.79 Å². The first-order valence-electron chi connectivity index (χ1n) is 20.6. The Balaban J connectivity index is 0. The second-order valence-corrected chi connectivity index (χ2v) is 14.7. The Morgan fingerprint density at radius 3 is 1.88 bits per heavy atom. The number of aryl methyl sites for hydroxylation is 1. The predicted octanol–water partition coefficient (Wildman–Crippen LogP) is 15.9. The van der Waals surface area contributed by atoms with E-state index in [0.29, 0.717) is 22.4 Å². The number of unbranched alkanes of at least 4 members (excludes halogenated alkanes) is 1. The van der Waals surface area contributed by atoms with Gasteiger partial charge in [-0.1, -0.05) is 133 Å². The molecule has 2 atom stereocenters. The summed E-state index contributed by atoms with van der Waals surface area (Å²) in [5.74, 6) is 1.40. The van der Waals surface area contributed by atoms with Gasteiger partial charge in [0.2, 0.25) is 6.41 Å². The number of hydrogen-bond donors (Lipinski definition) is 2. The molecule has 0 spiro atoms. The summed E-state index contributed by atoms with van der Waals surface area (Å²) in [5.41, 5.74) is 7.19. The first-order chi connectivity index (χ1) is 27.2. The Morgan fingerprint density at radius 2 is 1.42 bits per heavy atom. The summed E-state index contributed by atoms with van der Waals surface area (Å²) in [6.07, 6.45) is 11.9. The first kappa shape index (κ1) is 55.9. The molecule has 2 N–H and O–H groups in total. The molecule has 320 valence electrons. The number of likely N-dealkylation sites (N-methyl/N-ethyl adjacent to an activating group) is 1. The number of benzene rings is 3. The quantitative estimate of drug-likeness (QED) is 0.0989. The molecule has 57 heavy (non-hydrogen) atoms. The van der Waals surface area contributed by atoms with Gasteiger partial charge >= 0.3 is 0 Å². The molecule has 2 unspecified atom stereocenters. The molecular weight excluding hydrogens is 771 g/mol. The molecule has 0 saturated heterocycles. The van der Waals surface area contributed by atoms with E-state index in [1.807, 2.05) is 82.4 Å². The Hall–Kier alpha value is -3.22. The number of carbonyl (C=O) groups is 1. The van der Waals surface area contributed by atoms with Crippen LogP contribution in [-0.2, 0) is 9.53 Å². The molecule has 0 bridgehead atoms. The van der Waals surface area contributed by atoms with Crippen molar-refractivity contribution in [2.75, 3.05) is 26.1 Å². The van der Waals surface area contributed by atoms with Crippen LogP contribution in [-0.4, -0.2) is 32.8 Å². The highest BCUT2D eigenvalue weighted by atomic mass is 35.5. The maximum absolute atomic E-state index is 10.8. The third kappa shape index (κ3) is 20.3. The predicted molar refractivity (Wildman–Crippen MR) is 254 cm³/mol. The zero-order valence-electron chi connectivity index (χ0n) is 37.5. The largest absolute Gasteiger partial charge is 0.481 e. The van der Waals surface area contributed by atoms with E-state index < -0.39 is 5.60 Å². The minimum atomic E-state index is -0.411. The number of ether oxygens (including phenoxy) is 2. The highest BCUT2D eigenvalue weighted by Gasteiger charge is 2.33. The molecule has 8 heteroatoms. The van der Waals surface area contributed by atoms with Crippen LogP contribution in [0.1, 0.15) is 148 Å². The van der Waals surface area contributed by atoms with E-state index in [-0.39, 0.29) is 5.92 Å². The summed E-state index contributed by atoms with van der Waals surface area (Å²) in [4.78, 5) is 10.8. The molecule has 0 heterocycles.